The van der Waals surface area contributed by atoms with Crippen molar-refractivity contribution in [2.75, 3.05) is 26.2 Å². The lowest BCUT2D eigenvalue weighted by Crippen LogP contribution is -2.50. The molecule has 0 unspecified atom stereocenters. The molecule has 1 fully saturated rings. The molecule has 7 nitrogen and oxygen atoms in total. The molecule has 2 aromatic rings. The number of amides is 1. The summed E-state index contributed by atoms with van der Waals surface area (Å²) in [6, 6.07) is 4.99. The largest absolute Gasteiger partial charge is 0.340 e. The first kappa shape index (κ1) is 17.2. The molecule has 1 saturated heterocycles. The summed E-state index contributed by atoms with van der Waals surface area (Å²) in [7, 11) is -3.63. The number of aromatic nitrogens is 2. The van der Waals surface area contributed by atoms with Gasteiger partial charge in [0, 0.05) is 32.6 Å². The van der Waals surface area contributed by atoms with Crippen molar-refractivity contribution < 1.29 is 13.2 Å². The number of hydrogen-bond acceptors (Lipinski definition) is 6. The van der Waals surface area contributed by atoms with Crippen LogP contribution in [0.2, 0.25) is 0 Å². The first-order valence-corrected chi connectivity index (χ1v) is 10.1. The molecule has 1 aliphatic rings. The maximum atomic E-state index is 12.9. The molecule has 24 heavy (non-hydrogen) atoms. The van der Waals surface area contributed by atoms with Crippen LogP contribution in [0.5, 0.6) is 0 Å². The monoisotopic (exact) mass is 368 g/mol. The van der Waals surface area contributed by atoms with E-state index in [1.807, 2.05) is 13.8 Å². The molecule has 2 heterocycles. The highest BCUT2D eigenvalue weighted by molar-refractivity contribution is 7.89. The highest BCUT2D eigenvalue weighted by atomic mass is 32.2. The van der Waals surface area contributed by atoms with Crippen LogP contribution in [0.15, 0.2) is 23.1 Å². The lowest BCUT2D eigenvalue weighted by Gasteiger charge is -2.34. The lowest BCUT2D eigenvalue weighted by atomic mass is 10.1. The van der Waals surface area contributed by atoms with Crippen LogP contribution in [-0.2, 0) is 14.8 Å². The Labute approximate surface area is 145 Å². The standard InChI is InChI=1S/C15H20N4O3S2/c1-11(2)10-14(20)18-6-8-19(9-7-18)24(21,22)13-5-3-4-12-15(13)17-23-16-12/h3-5,11H,6-10H2,1-2H3. The minimum Gasteiger partial charge on any atom is -0.340 e. The van der Waals surface area contributed by atoms with E-state index in [1.54, 1.807) is 23.1 Å². The van der Waals surface area contributed by atoms with E-state index in [4.69, 9.17) is 0 Å². The number of sulfonamides is 1. The van der Waals surface area contributed by atoms with Crippen molar-refractivity contribution in [1.29, 1.82) is 0 Å². The van der Waals surface area contributed by atoms with Crippen molar-refractivity contribution in [3.05, 3.63) is 18.2 Å². The molecule has 9 heteroatoms. The number of rotatable bonds is 4. The van der Waals surface area contributed by atoms with Crippen LogP contribution in [-0.4, -0.2) is 58.5 Å². The Bertz CT molecular complexity index is 839. The van der Waals surface area contributed by atoms with Crippen LogP contribution < -0.4 is 0 Å². The average molecular weight is 368 g/mol. The fraction of sp³-hybridized carbons (Fsp3) is 0.533. The van der Waals surface area contributed by atoms with Gasteiger partial charge in [-0.05, 0) is 18.1 Å². The van der Waals surface area contributed by atoms with Crippen LogP contribution in [0.1, 0.15) is 20.3 Å². The molecule has 0 saturated carbocycles. The fourth-order valence-corrected chi connectivity index (χ4v) is 4.96. The van der Waals surface area contributed by atoms with Gasteiger partial charge in [-0.15, -0.1) is 0 Å². The van der Waals surface area contributed by atoms with Gasteiger partial charge in [-0.25, -0.2) is 8.42 Å². The van der Waals surface area contributed by atoms with Crippen molar-refractivity contribution in [2.45, 2.75) is 25.2 Å². The zero-order valence-electron chi connectivity index (χ0n) is 13.7. The lowest BCUT2D eigenvalue weighted by molar-refractivity contribution is -0.133. The Morgan fingerprint density at radius 3 is 2.58 bits per heavy atom. The second-order valence-electron chi connectivity index (χ2n) is 6.27. The second kappa shape index (κ2) is 6.73. The van der Waals surface area contributed by atoms with Crippen LogP contribution in [0.25, 0.3) is 11.0 Å². The molecule has 0 N–H and O–H groups in total. The number of nitrogens with zero attached hydrogens (tertiary/aromatic N) is 4. The third-order valence-corrected chi connectivity index (χ3v) is 6.51. The van der Waals surface area contributed by atoms with Gasteiger partial charge in [-0.3, -0.25) is 4.79 Å². The first-order chi connectivity index (χ1) is 11.4. The average Bonchev–Trinajstić information content (AvgIpc) is 3.02. The van der Waals surface area contributed by atoms with Gasteiger partial charge in [-0.1, -0.05) is 19.9 Å². The van der Waals surface area contributed by atoms with E-state index in [0.29, 0.717) is 49.6 Å². The minimum atomic E-state index is -3.63. The van der Waals surface area contributed by atoms with Gasteiger partial charge in [0.1, 0.15) is 15.9 Å². The molecule has 3 rings (SSSR count). The van der Waals surface area contributed by atoms with Crippen molar-refractivity contribution in [3.8, 4) is 0 Å². The van der Waals surface area contributed by atoms with Gasteiger partial charge in [0.2, 0.25) is 15.9 Å². The van der Waals surface area contributed by atoms with Gasteiger partial charge in [0.25, 0.3) is 0 Å². The maximum Gasteiger partial charge on any atom is 0.245 e. The smallest absolute Gasteiger partial charge is 0.245 e. The number of piperazine rings is 1. The predicted molar refractivity (Wildman–Crippen MR) is 92.2 cm³/mol. The summed E-state index contributed by atoms with van der Waals surface area (Å²) in [4.78, 5) is 14.1. The maximum absolute atomic E-state index is 12.9. The zero-order chi connectivity index (χ0) is 17.3. The van der Waals surface area contributed by atoms with Crippen LogP contribution >= 0.6 is 11.7 Å². The number of hydrogen-bond donors (Lipinski definition) is 0. The zero-order valence-corrected chi connectivity index (χ0v) is 15.3. The highest BCUT2D eigenvalue weighted by Crippen LogP contribution is 2.25. The number of carbonyl (C=O) groups excluding carboxylic acids is 1. The van der Waals surface area contributed by atoms with E-state index < -0.39 is 10.0 Å². The summed E-state index contributed by atoms with van der Waals surface area (Å²) in [6.45, 7) is 5.47. The summed E-state index contributed by atoms with van der Waals surface area (Å²) >= 11 is 1.00. The number of carbonyl (C=O) groups is 1. The van der Waals surface area contributed by atoms with E-state index in [2.05, 4.69) is 8.75 Å². The predicted octanol–water partition coefficient (Wildman–Crippen LogP) is 1.57. The Kier molecular flexibility index (Phi) is 4.84. The molecule has 1 aromatic heterocycles. The normalized spacial score (nSPS) is 16.9. The molecule has 130 valence electrons. The van der Waals surface area contributed by atoms with E-state index in [1.165, 1.54) is 4.31 Å². The summed E-state index contributed by atoms with van der Waals surface area (Å²) in [5.41, 5.74) is 1.01. The van der Waals surface area contributed by atoms with Crippen molar-refractivity contribution in [2.24, 2.45) is 5.92 Å². The minimum absolute atomic E-state index is 0.0906. The number of benzene rings is 1. The van der Waals surface area contributed by atoms with Crippen molar-refractivity contribution in [3.63, 3.8) is 0 Å². The molecule has 0 aliphatic carbocycles. The molecule has 0 bridgehead atoms. The van der Waals surface area contributed by atoms with Crippen LogP contribution in [0, 0.1) is 5.92 Å². The molecule has 0 spiro atoms. The molecule has 0 atom stereocenters. The Morgan fingerprint density at radius 1 is 1.21 bits per heavy atom. The molecule has 1 amide bonds. The van der Waals surface area contributed by atoms with Gasteiger partial charge >= 0.3 is 0 Å². The van der Waals surface area contributed by atoms with Crippen LogP contribution in [0.3, 0.4) is 0 Å². The Morgan fingerprint density at radius 2 is 1.92 bits per heavy atom. The Balaban J connectivity index is 1.76. The van der Waals surface area contributed by atoms with Gasteiger partial charge < -0.3 is 4.90 Å². The molecule has 1 aliphatic heterocycles. The van der Waals surface area contributed by atoms with Gasteiger partial charge in [0.15, 0.2) is 0 Å². The molecular formula is C15H20N4O3S2. The quantitative estimate of drug-likeness (QED) is 0.818. The summed E-state index contributed by atoms with van der Waals surface area (Å²) in [6.07, 6.45) is 0.497. The summed E-state index contributed by atoms with van der Waals surface area (Å²) < 4.78 is 35.5. The second-order valence-corrected chi connectivity index (χ2v) is 8.71. The van der Waals surface area contributed by atoms with E-state index in [9.17, 15) is 13.2 Å². The molecule has 0 radical (unpaired) electrons. The van der Waals surface area contributed by atoms with Crippen LogP contribution in [0.4, 0.5) is 0 Å². The SMILES string of the molecule is CC(C)CC(=O)N1CCN(S(=O)(=O)c2cccc3nsnc23)CC1. The fourth-order valence-electron chi connectivity index (χ4n) is 2.78. The third-order valence-electron chi connectivity index (χ3n) is 4.04. The van der Waals surface area contributed by atoms with E-state index in [0.717, 1.165) is 11.7 Å². The highest BCUT2D eigenvalue weighted by Gasteiger charge is 2.31. The first-order valence-electron chi connectivity index (χ1n) is 7.89. The van der Waals surface area contributed by atoms with Crippen molar-refractivity contribution in [1.82, 2.24) is 18.0 Å². The van der Waals surface area contributed by atoms with Gasteiger partial charge in [-0.2, -0.15) is 13.1 Å². The number of fused-ring (bicyclic) bond motifs is 1. The summed E-state index contributed by atoms with van der Waals surface area (Å²) in [5, 5.41) is 0. The van der Waals surface area contributed by atoms with Gasteiger partial charge in [0.05, 0.1) is 11.7 Å². The molecular weight excluding hydrogens is 348 g/mol. The molecule has 1 aromatic carbocycles. The third kappa shape index (κ3) is 3.28. The topological polar surface area (TPSA) is 83.5 Å². The Hall–Kier alpha value is -1.58. The van der Waals surface area contributed by atoms with Crippen molar-refractivity contribution >= 4 is 38.7 Å². The van der Waals surface area contributed by atoms with E-state index >= 15 is 0 Å². The van der Waals surface area contributed by atoms with E-state index in [-0.39, 0.29) is 10.8 Å². The summed E-state index contributed by atoms with van der Waals surface area (Å²) in [5.74, 6) is 0.391.